The molecule has 0 bridgehead atoms. The lowest BCUT2D eigenvalue weighted by Gasteiger charge is -2.25. The van der Waals surface area contributed by atoms with E-state index in [1.807, 2.05) is 6.08 Å². The molecule has 1 N–H and O–H groups in total. The van der Waals surface area contributed by atoms with E-state index in [-0.39, 0.29) is 22.7 Å². The highest BCUT2D eigenvalue weighted by atomic mass is 35.5. The summed E-state index contributed by atoms with van der Waals surface area (Å²) in [5.74, 6) is -0.950. The predicted molar refractivity (Wildman–Crippen MR) is 99.9 cm³/mol. The molecule has 0 aromatic heterocycles. The summed E-state index contributed by atoms with van der Waals surface area (Å²) in [4.78, 5) is 37.2. The first-order chi connectivity index (χ1) is 12.5. The molecule has 2 aliphatic rings. The Morgan fingerprint density at radius 3 is 2.31 bits per heavy atom. The molecule has 2 aromatic carbocycles. The van der Waals surface area contributed by atoms with Gasteiger partial charge in [0.05, 0.1) is 11.3 Å². The standard InChI is InChI=1S/C21H14ClNO3/c22-21(11-4-1-5-12-21)20(26)23-16-10-6-9-15-17(16)19(25)14-8-3-2-7-13(14)18(15)24/h1-11H,12H2,(H,23,26). The highest BCUT2D eigenvalue weighted by Gasteiger charge is 2.36. The van der Waals surface area contributed by atoms with Crippen LogP contribution < -0.4 is 5.32 Å². The third kappa shape index (κ3) is 2.50. The molecular formula is C21H14ClNO3. The molecule has 0 spiro atoms. The van der Waals surface area contributed by atoms with Gasteiger partial charge in [-0.1, -0.05) is 60.7 Å². The molecule has 4 nitrogen and oxygen atoms in total. The first-order valence-electron chi connectivity index (χ1n) is 8.17. The molecule has 26 heavy (non-hydrogen) atoms. The van der Waals surface area contributed by atoms with E-state index in [2.05, 4.69) is 5.32 Å². The van der Waals surface area contributed by atoms with E-state index < -0.39 is 10.8 Å². The van der Waals surface area contributed by atoms with Crippen molar-refractivity contribution in [2.75, 3.05) is 5.32 Å². The van der Waals surface area contributed by atoms with Gasteiger partial charge in [0.2, 0.25) is 5.91 Å². The molecular weight excluding hydrogens is 350 g/mol. The molecule has 5 heteroatoms. The van der Waals surface area contributed by atoms with Crippen LogP contribution in [-0.2, 0) is 4.79 Å². The minimum absolute atomic E-state index is 0.208. The van der Waals surface area contributed by atoms with Crippen LogP contribution in [0.15, 0.2) is 66.8 Å². The van der Waals surface area contributed by atoms with Gasteiger partial charge >= 0.3 is 0 Å². The summed E-state index contributed by atoms with van der Waals surface area (Å²) >= 11 is 6.40. The van der Waals surface area contributed by atoms with E-state index in [0.29, 0.717) is 23.2 Å². The van der Waals surface area contributed by atoms with Gasteiger partial charge in [-0.25, -0.2) is 0 Å². The number of amides is 1. The van der Waals surface area contributed by atoms with E-state index in [1.165, 1.54) is 0 Å². The molecule has 0 fully saturated rings. The van der Waals surface area contributed by atoms with E-state index in [4.69, 9.17) is 11.6 Å². The predicted octanol–water partition coefficient (Wildman–Crippen LogP) is 3.89. The first-order valence-corrected chi connectivity index (χ1v) is 8.55. The summed E-state index contributed by atoms with van der Waals surface area (Å²) in [7, 11) is 0. The van der Waals surface area contributed by atoms with Crippen LogP contribution in [0, 0.1) is 0 Å². The Morgan fingerprint density at radius 2 is 1.62 bits per heavy atom. The van der Waals surface area contributed by atoms with Gasteiger partial charge in [0.15, 0.2) is 11.6 Å². The molecule has 0 heterocycles. The normalized spacial score (nSPS) is 20.5. The molecule has 1 amide bonds. The lowest BCUT2D eigenvalue weighted by atomic mass is 9.83. The average molecular weight is 364 g/mol. The van der Waals surface area contributed by atoms with Gasteiger partial charge in [-0.05, 0) is 12.5 Å². The minimum atomic E-state index is -1.21. The van der Waals surface area contributed by atoms with Crippen molar-refractivity contribution in [2.24, 2.45) is 0 Å². The molecule has 2 aliphatic carbocycles. The Bertz CT molecular complexity index is 1020. The van der Waals surface area contributed by atoms with Crippen LogP contribution in [0.4, 0.5) is 5.69 Å². The Morgan fingerprint density at radius 1 is 0.923 bits per heavy atom. The van der Waals surface area contributed by atoms with Crippen molar-refractivity contribution < 1.29 is 14.4 Å². The molecule has 0 radical (unpaired) electrons. The molecule has 0 saturated carbocycles. The van der Waals surface area contributed by atoms with E-state index in [9.17, 15) is 14.4 Å². The third-order valence-corrected chi connectivity index (χ3v) is 5.05. The second-order valence-electron chi connectivity index (χ2n) is 6.24. The summed E-state index contributed by atoms with van der Waals surface area (Å²) in [6.07, 6.45) is 7.29. The van der Waals surface area contributed by atoms with Crippen LogP contribution in [0.1, 0.15) is 38.3 Å². The number of rotatable bonds is 2. The number of alkyl halides is 1. The van der Waals surface area contributed by atoms with Gasteiger partial charge in [0.25, 0.3) is 0 Å². The zero-order chi connectivity index (χ0) is 18.3. The van der Waals surface area contributed by atoms with Crippen molar-refractivity contribution in [1.82, 2.24) is 0 Å². The van der Waals surface area contributed by atoms with Crippen molar-refractivity contribution >= 4 is 34.8 Å². The molecule has 2 aromatic rings. The monoisotopic (exact) mass is 363 g/mol. The molecule has 0 aliphatic heterocycles. The first kappa shape index (κ1) is 16.5. The van der Waals surface area contributed by atoms with Crippen molar-refractivity contribution in [3.05, 3.63) is 89.0 Å². The zero-order valence-electron chi connectivity index (χ0n) is 13.7. The lowest BCUT2D eigenvalue weighted by molar-refractivity contribution is -0.117. The maximum Gasteiger partial charge on any atom is 0.249 e. The third-order valence-electron chi connectivity index (χ3n) is 4.60. The average Bonchev–Trinajstić information content (AvgIpc) is 2.66. The van der Waals surface area contributed by atoms with Crippen LogP contribution in [0.3, 0.4) is 0 Å². The fraction of sp³-hybridized carbons (Fsp3) is 0.0952. The van der Waals surface area contributed by atoms with Crippen molar-refractivity contribution in [3.8, 4) is 0 Å². The number of carbonyl (C=O) groups excluding carboxylic acids is 3. The van der Waals surface area contributed by atoms with Crippen LogP contribution in [0.25, 0.3) is 0 Å². The molecule has 1 atom stereocenters. The quantitative estimate of drug-likeness (QED) is 0.702. The summed E-state index contributed by atoms with van der Waals surface area (Å²) in [5, 5.41) is 2.73. The van der Waals surface area contributed by atoms with E-state index >= 15 is 0 Å². The van der Waals surface area contributed by atoms with Gasteiger partial charge in [-0.2, -0.15) is 0 Å². The molecule has 0 saturated heterocycles. The second kappa shape index (κ2) is 6.07. The Hall–Kier alpha value is -2.98. The smallest absolute Gasteiger partial charge is 0.249 e. The summed E-state index contributed by atoms with van der Waals surface area (Å²) in [6.45, 7) is 0. The van der Waals surface area contributed by atoms with Crippen molar-refractivity contribution in [1.29, 1.82) is 0 Å². The van der Waals surface area contributed by atoms with Crippen LogP contribution >= 0.6 is 11.6 Å². The number of hydrogen-bond acceptors (Lipinski definition) is 3. The topological polar surface area (TPSA) is 63.2 Å². The van der Waals surface area contributed by atoms with Gasteiger partial charge < -0.3 is 5.32 Å². The maximum absolute atomic E-state index is 13.0. The van der Waals surface area contributed by atoms with Crippen LogP contribution in [-0.4, -0.2) is 22.3 Å². The summed E-state index contributed by atoms with van der Waals surface area (Å²) in [6, 6.07) is 11.5. The van der Waals surface area contributed by atoms with Gasteiger partial charge in [0.1, 0.15) is 4.87 Å². The minimum Gasteiger partial charge on any atom is -0.324 e. The fourth-order valence-corrected chi connectivity index (χ4v) is 3.45. The number of halogens is 1. The number of benzene rings is 2. The lowest BCUT2D eigenvalue weighted by Crippen LogP contribution is -2.37. The SMILES string of the molecule is O=C1c2ccccc2C(=O)c2c(NC(=O)C3(Cl)C=CC=CC3)cccc21. The fourth-order valence-electron chi connectivity index (χ4n) is 3.24. The highest BCUT2D eigenvalue weighted by Crippen LogP contribution is 2.33. The Labute approximate surface area is 155 Å². The highest BCUT2D eigenvalue weighted by molar-refractivity contribution is 6.39. The number of anilines is 1. The van der Waals surface area contributed by atoms with Gasteiger partial charge in [-0.15, -0.1) is 11.6 Å². The van der Waals surface area contributed by atoms with Crippen LogP contribution in [0.5, 0.6) is 0 Å². The van der Waals surface area contributed by atoms with Crippen molar-refractivity contribution in [3.63, 3.8) is 0 Å². The van der Waals surface area contributed by atoms with Crippen molar-refractivity contribution in [2.45, 2.75) is 11.3 Å². The zero-order valence-corrected chi connectivity index (χ0v) is 14.4. The Kier molecular flexibility index (Phi) is 3.85. The Balaban J connectivity index is 1.76. The number of fused-ring (bicyclic) bond motifs is 2. The number of carbonyl (C=O) groups is 3. The molecule has 4 rings (SSSR count). The molecule has 128 valence electrons. The summed E-state index contributed by atoms with van der Waals surface area (Å²) in [5.41, 5.74) is 1.51. The number of hydrogen-bond donors (Lipinski definition) is 1. The number of allylic oxidation sites excluding steroid dienone is 3. The largest absolute Gasteiger partial charge is 0.324 e. The van der Waals surface area contributed by atoms with E-state index in [1.54, 1.807) is 60.7 Å². The number of ketones is 2. The second-order valence-corrected chi connectivity index (χ2v) is 6.91. The van der Waals surface area contributed by atoms with Gasteiger partial charge in [-0.3, -0.25) is 14.4 Å². The summed E-state index contributed by atoms with van der Waals surface area (Å²) < 4.78 is 0. The number of nitrogens with one attached hydrogen (secondary N) is 1. The van der Waals surface area contributed by atoms with E-state index in [0.717, 1.165) is 0 Å². The van der Waals surface area contributed by atoms with Crippen LogP contribution in [0.2, 0.25) is 0 Å². The maximum atomic E-state index is 13.0. The van der Waals surface area contributed by atoms with Gasteiger partial charge in [0, 0.05) is 16.7 Å². The molecule has 1 unspecified atom stereocenters.